The number of amides is 1. The van der Waals surface area contributed by atoms with Crippen LogP contribution in [0.5, 0.6) is 0 Å². The zero-order valence-corrected chi connectivity index (χ0v) is 16.8. The van der Waals surface area contributed by atoms with Crippen LogP contribution in [0.25, 0.3) is 0 Å². The standard InChI is InChI=1S/C22H22N2O3S/c1-15-8-11-19(12-9-15)23-22(25)18-5-4-6-20(14-18)28(26,27)24-21-13-16(2)7-10-17(21)3/h4-14,24H,1-3H3,(H,23,25). The fourth-order valence-corrected chi connectivity index (χ4v) is 3.86. The van der Waals surface area contributed by atoms with E-state index < -0.39 is 10.0 Å². The van der Waals surface area contributed by atoms with E-state index in [4.69, 9.17) is 0 Å². The Balaban J connectivity index is 1.84. The zero-order chi connectivity index (χ0) is 20.3. The molecule has 3 aromatic carbocycles. The molecule has 0 heterocycles. The van der Waals surface area contributed by atoms with Crippen molar-refractivity contribution in [2.45, 2.75) is 25.7 Å². The molecule has 1 amide bonds. The van der Waals surface area contributed by atoms with Crippen LogP contribution in [0.2, 0.25) is 0 Å². The number of nitrogens with one attached hydrogen (secondary N) is 2. The van der Waals surface area contributed by atoms with Gasteiger partial charge in [0.05, 0.1) is 10.6 Å². The molecule has 0 spiro atoms. The Morgan fingerprint density at radius 1 is 0.821 bits per heavy atom. The van der Waals surface area contributed by atoms with Crippen LogP contribution in [-0.4, -0.2) is 14.3 Å². The summed E-state index contributed by atoms with van der Waals surface area (Å²) in [5.41, 5.74) is 4.30. The van der Waals surface area contributed by atoms with Gasteiger partial charge in [0.1, 0.15) is 0 Å². The lowest BCUT2D eigenvalue weighted by Gasteiger charge is -2.12. The SMILES string of the molecule is Cc1ccc(NC(=O)c2cccc(S(=O)(=O)Nc3cc(C)ccc3C)c2)cc1. The van der Waals surface area contributed by atoms with Crippen LogP contribution >= 0.6 is 0 Å². The summed E-state index contributed by atoms with van der Waals surface area (Å²) >= 11 is 0. The Morgan fingerprint density at radius 2 is 1.50 bits per heavy atom. The van der Waals surface area contributed by atoms with E-state index in [1.54, 1.807) is 30.3 Å². The predicted molar refractivity (Wildman–Crippen MR) is 112 cm³/mol. The number of hydrogen-bond acceptors (Lipinski definition) is 3. The molecule has 3 rings (SSSR count). The predicted octanol–water partition coefficient (Wildman–Crippen LogP) is 4.66. The van der Waals surface area contributed by atoms with Crippen LogP contribution in [0.3, 0.4) is 0 Å². The van der Waals surface area contributed by atoms with Gasteiger partial charge in [-0.25, -0.2) is 8.42 Å². The highest BCUT2D eigenvalue weighted by Crippen LogP contribution is 2.22. The zero-order valence-electron chi connectivity index (χ0n) is 16.0. The molecule has 0 aromatic heterocycles. The molecule has 0 aliphatic rings. The molecule has 5 nitrogen and oxygen atoms in total. The number of sulfonamides is 1. The number of anilines is 2. The largest absolute Gasteiger partial charge is 0.322 e. The molecule has 6 heteroatoms. The molecule has 0 saturated heterocycles. The van der Waals surface area contributed by atoms with Crippen molar-refractivity contribution in [3.63, 3.8) is 0 Å². The molecular formula is C22H22N2O3S. The number of benzene rings is 3. The van der Waals surface area contributed by atoms with Crippen molar-refractivity contribution in [3.05, 3.63) is 89.0 Å². The van der Waals surface area contributed by atoms with E-state index in [2.05, 4.69) is 10.0 Å². The van der Waals surface area contributed by atoms with E-state index in [0.29, 0.717) is 11.4 Å². The summed E-state index contributed by atoms with van der Waals surface area (Å²) in [5.74, 6) is -0.368. The van der Waals surface area contributed by atoms with Crippen molar-refractivity contribution < 1.29 is 13.2 Å². The minimum atomic E-state index is -3.82. The summed E-state index contributed by atoms with van der Waals surface area (Å²) in [6, 6.07) is 18.9. The summed E-state index contributed by atoms with van der Waals surface area (Å²) in [4.78, 5) is 12.5. The number of hydrogen-bond donors (Lipinski definition) is 2. The smallest absolute Gasteiger partial charge is 0.261 e. The van der Waals surface area contributed by atoms with Crippen LogP contribution in [0, 0.1) is 20.8 Å². The van der Waals surface area contributed by atoms with Crippen molar-refractivity contribution in [3.8, 4) is 0 Å². The van der Waals surface area contributed by atoms with E-state index >= 15 is 0 Å². The molecule has 3 aromatic rings. The fraction of sp³-hybridized carbons (Fsp3) is 0.136. The molecule has 0 radical (unpaired) electrons. The second-order valence-corrected chi connectivity index (χ2v) is 8.45. The van der Waals surface area contributed by atoms with E-state index in [0.717, 1.165) is 16.7 Å². The van der Waals surface area contributed by atoms with Gasteiger partial charge in [0.15, 0.2) is 0 Å². The Morgan fingerprint density at radius 3 is 2.21 bits per heavy atom. The average Bonchev–Trinajstić information content (AvgIpc) is 2.66. The highest BCUT2D eigenvalue weighted by Gasteiger charge is 2.17. The first-order valence-corrected chi connectivity index (χ1v) is 10.3. The van der Waals surface area contributed by atoms with Gasteiger partial charge in [-0.3, -0.25) is 9.52 Å². The maximum absolute atomic E-state index is 12.8. The number of carbonyl (C=O) groups excluding carboxylic acids is 1. The van der Waals surface area contributed by atoms with Crippen LogP contribution in [0.15, 0.2) is 71.6 Å². The lowest BCUT2D eigenvalue weighted by molar-refractivity contribution is 0.102. The second-order valence-electron chi connectivity index (χ2n) is 6.77. The third-order valence-corrected chi connectivity index (χ3v) is 5.72. The van der Waals surface area contributed by atoms with Crippen molar-refractivity contribution in [2.24, 2.45) is 0 Å². The highest BCUT2D eigenvalue weighted by atomic mass is 32.2. The highest BCUT2D eigenvalue weighted by molar-refractivity contribution is 7.92. The maximum atomic E-state index is 12.8. The van der Waals surface area contributed by atoms with Crippen LogP contribution in [-0.2, 0) is 10.0 Å². The first-order chi connectivity index (χ1) is 13.2. The Bertz CT molecular complexity index is 1120. The molecule has 0 fully saturated rings. The number of carbonyl (C=O) groups is 1. The molecule has 0 aliphatic carbocycles. The van der Waals surface area contributed by atoms with Crippen molar-refractivity contribution in [2.75, 3.05) is 10.0 Å². The van der Waals surface area contributed by atoms with E-state index in [-0.39, 0.29) is 16.4 Å². The summed E-state index contributed by atoms with van der Waals surface area (Å²) in [7, 11) is -3.82. The normalized spacial score (nSPS) is 11.1. The molecule has 0 unspecified atom stereocenters. The lowest BCUT2D eigenvalue weighted by Crippen LogP contribution is -2.16. The maximum Gasteiger partial charge on any atom is 0.261 e. The number of rotatable bonds is 5. The lowest BCUT2D eigenvalue weighted by atomic mass is 10.1. The summed E-state index contributed by atoms with van der Waals surface area (Å²) in [6.45, 7) is 5.69. The van der Waals surface area contributed by atoms with Gasteiger partial charge in [-0.05, 0) is 68.3 Å². The molecule has 144 valence electrons. The molecule has 0 bridgehead atoms. The van der Waals surface area contributed by atoms with Crippen molar-refractivity contribution in [1.82, 2.24) is 0 Å². The molecule has 28 heavy (non-hydrogen) atoms. The second kappa shape index (κ2) is 7.86. The first kappa shape index (κ1) is 19.6. The first-order valence-electron chi connectivity index (χ1n) is 8.83. The summed E-state index contributed by atoms with van der Waals surface area (Å²) in [6.07, 6.45) is 0. The van der Waals surface area contributed by atoms with Gasteiger partial charge >= 0.3 is 0 Å². The average molecular weight is 394 g/mol. The van der Waals surface area contributed by atoms with Crippen molar-refractivity contribution >= 4 is 27.3 Å². The minimum absolute atomic E-state index is 0.0324. The molecule has 0 saturated carbocycles. The monoisotopic (exact) mass is 394 g/mol. The Hall–Kier alpha value is -3.12. The van der Waals surface area contributed by atoms with Crippen LogP contribution in [0.1, 0.15) is 27.0 Å². The fourth-order valence-electron chi connectivity index (χ4n) is 2.69. The minimum Gasteiger partial charge on any atom is -0.322 e. The van der Waals surface area contributed by atoms with Gasteiger partial charge < -0.3 is 5.32 Å². The van der Waals surface area contributed by atoms with Gasteiger partial charge in [0, 0.05) is 11.3 Å². The molecule has 0 aliphatic heterocycles. The summed E-state index contributed by atoms with van der Waals surface area (Å²) in [5, 5.41) is 2.78. The third kappa shape index (κ3) is 4.58. The van der Waals surface area contributed by atoms with E-state index in [1.807, 2.05) is 45.0 Å². The topological polar surface area (TPSA) is 75.3 Å². The quantitative estimate of drug-likeness (QED) is 0.661. The number of aryl methyl sites for hydroxylation is 3. The molecule has 0 atom stereocenters. The van der Waals surface area contributed by atoms with Gasteiger partial charge in [0.25, 0.3) is 15.9 Å². The van der Waals surface area contributed by atoms with Gasteiger partial charge in [0.2, 0.25) is 0 Å². The Labute approximate surface area is 165 Å². The van der Waals surface area contributed by atoms with Gasteiger partial charge in [-0.1, -0.05) is 35.9 Å². The van der Waals surface area contributed by atoms with E-state index in [9.17, 15) is 13.2 Å². The van der Waals surface area contributed by atoms with Gasteiger partial charge in [-0.2, -0.15) is 0 Å². The third-order valence-electron chi connectivity index (χ3n) is 4.35. The van der Waals surface area contributed by atoms with Crippen molar-refractivity contribution in [1.29, 1.82) is 0 Å². The molecular weight excluding hydrogens is 372 g/mol. The van der Waals surface area contributed by atoms with E-state index in [1.165, 1.54) is 12.1 Å². The molecule has 2 N–H and O–H groups in total. The van der Waals surface area contributed by atoms with Gasteiger partial charge in [-0.15, -0.1) is 0 Å². The summed E-state index contributed by atoms with van der Waals surface area (Å²) < 4.78 is 28.2. The Kier molecular flexibility index (Phi) is 5.51. The van der Waals surface area contributed by atoms with Crippen LogP contribution < -0.4 is 10.0 Å². The van der Waals surface area contributed by atoms with Crippen LogP contribution in [0.4, 0.5) is 11.4 Å².